The van der Waals surface area contributed by atoms with Gasteiger partial charge in [-0.15, -0.1) is 0 Å². The second kappa shape index (κ2) is 6.78. The highest BCUT2D eigenvalue weighted by Crippen LogP contribution is 2.24. The van der Waals surface area contributed by atoms with Crippen molar-refractivity contribution in [1.82, 2.24) is 0 Å². The van der Waals surface area contributed by atoms with E-state index in [2.05, 4.69) is 41.8 Å². The highest BCUT2D eigenvalue weighted by molar-refractivity contribution is 14.1. The fourth-order valence-corrected chi connectivity index (χ4v) is 2.24. The number of halogens is 1. The minimum Gasteiger partial charge on any atom is -0.382 e. The van der Waals surface area contributed by atoms with Crippen molar-refractivity contribution in [1.29, 1.82) is 0 Å². The Bertz CT molecular complexity index is 396. The topological polar surface area (TPSA) is 55.2 Å². The van der Waals surface area contributed by atoms with Crippen LogP contribution < -0.4 is 5.32 Å². The summed E-state index contributed by atoms with van der Waals surface area (Å²) in [4.78, 5) is 10.2. The quantitative estimate of drug-likeness (QED) is 0.476. The van der Waals surface area contributed by atoms with Crippen LogP contribution in [-0.2, 0) is 0 Å². The van der Waals surface area contributed by atoms with Gasteiger partial charge < -0.3 is 5.32 Å². The van der Waals surface area contributed by atoms with Gasteiger partial charge in [0.2, 0.25) is 0 Å². The van der Waals surface area contributed by atoms with Crippen molar-refractivity contribution in [3.05, 3.63) is 31.9 Å². The molecule has 0 amide bonds. The number of non-ortho nitro benzene ring substituents is 1. The van der Waals surface area contributed by atoms with Gasteiger partial charge in [-0.1, -0.05) is 19.8 Å². The van der Waals surface area contributed by atoms with Gasteiger partial charge in [-0.3, -0.25) is 10.1 Å². The van der Waals surface area contributed by atoms with Crippen molar-refractivity contribution in [2.75, 3.05) is 5.32 Å². The summed E-state index contributed by atoms with van der Waals surface area (Å²) in [5, 5.41) is 14.0. The van der Waals surface area contributed by atoms with E-state index in [4.69, 9.17) is 0 Å². The largest absolute Gasteiger partial charge is 0.382 e. The summed E-state index contributed by atoms with van der Waals surface area (Å²) in [5.74, 6) is 0. The molecule has 94 valence electrons. The lowest BCUT2D eigenvalue weighted by atomic mass is 10.1. The molecular weight excluding hydrogens is 331 g/mol. The summed E-state index contributed by atoms with van der Waals surface area (Å²) in [7, 11) is 0. The van der Waals surface area contributed by atoms with Gasteiger partial charge in [0, 0.05) is 27.4 Å². The molecule has 0 radical (unpaired) electrons. The number of nitrogens with zero attached hydrogens (tertiary/aromatic N) is 1. The number of nitrogens with one attached hydrogen (secondary N) is 1. The van der Waals surface area contributed by atoms with E-state index < -0.39 is 0 Å². The number of hydrogen-bond acceptors (Lipinski definition) is 3. The van der Waals surface area contributed by atoms with Crippen molar-refractivity contribution in [2.24, 2.45) is 0 Å². The summed E-state index contributed by atoms with van der Waals surface area (Å²) in [6.07, 6.45) is 3.49. The Morgan fingerprint density at radius 3 is 2.76 bits per heavy atom. The first-order chi connectivity index (χ1) is 8.04. The second-order valence-electron chi connectivity index (χ2n) is 4.11. The molecule has 1 aromatic carbocycles. The first kappa shape index (κ1) is 14.2. The Morgan fingerprint density at radius 1 is 1.53 bits per heavy atom. The molecule has 0 fully saturated rings. The molecular formula is C12H17IN2O2. The Hall–Kier alpha value is -0.850. The van der Waals surface area contributed by atoms with E-state index in [0.29, 0.717) is 6.04 Å². The lowest BCUT2D eigenvalue weighted by Crippen LogP contribution is -2.15. The van der Waals surface area contributed by atoms with Gasteiger partial charge >= 0.3 is 0 Å². The van der Waals surface area contributed by atoms with Gasteiger partial charge in [-0.05, 0) is 42.0 Å². The number of hydrogen-bond donors (Lipinski definition) is 1. The molecule has 0 bridgehead atoms. The summed E-state index contributed by atoms with van der Waals surface area (Å²) in [5.41, 5.74) is 1.11. The predicted molar refractivity (Wildman–Crippen MR) is 78.4 cm³/mol. The van der Waals surface area contributed by atoms with E-state index >= 15 is 0 Å². The number of rotatable bonds is 6. The van der Waals surface area contributed by atoms with Gasteiger partial charge in [0.15, 0.2) is 0 Å². The van der Waals surface area contributed by atoms with Crippen LogP contribution >= 0.6 is 22.6 Å². The van der Waals surface area contributed by atoms with E-state index in [1.54, 1.807) is 12.1 Å². The zero-order valence-corrected chi connectivity index (χ0v) is 12.2. The van der Waals surface area contributed by atoms with Crippen LogP contribution in [0.2, 0.25) is 0 Å². The van der Waals surface area contributed by atoms with E-state index in [1.165, 1.54) is 18.9 Å². The zero-order chi connectivity index (χ0) is 12.8. The van der Waals surface area contributed by atoms with Crippen LogP contribution in [0, 0.1) is 13.7 Å². The highest BCUT2D eigenvalue weighted by atomic mass is 127. The van der Waals surface area contributed by atoms with Gasteiger partial charge in [0.05, 0.1) is 4.92 Å². The number of unbranched alkanes of at least 4 members (excludes halogenated alkanes) is 1. The first-order valence-corrected chi connectivity index (χ1v) is 6.83. The molecule has 5 heteroatoms. The maximum Gasteiger partial charge on any atom is 0.270 e. The first-order valence-electron chi connectivity index (χ1n) is 5.75. The van der Waals surface area contributed by atoms with Gasteiger partial charge in [0.25, 0.3) is 5.69 Å². The minimum absolute atomic E-state index is 0.140. The van der Waals surface area contributed by atoms with Crippen molar-refractivity contribution in [2.45, 2.75) is 39.2 Å². The third-order valence-electron chi connectivity index (χ3n) is 2.56. The summed E-state index contributed by atoms with van der Waals surface area (Å²) in [6.45, 7) is 4.30. The Labute approximate surface area is 115 Å². The molecule has 1 atom stereocenters. The number of anilines is 1. The van der Waals surface area contributed by atoms with E-state index in [0.717, 1.165) is 15.7 Å². The molecule has 1 rings (SSSR count). The predicted octanol–water partition coefficient (Wildman–Crippen LogP) is 4.19. The molecule has 1 aromatic rings. The monoisotopic (exact) mass is 348 g/mol. The van der Waals surface area contributed by atoms with Crippen LogP contribution in [0.15, 0.2) is 18.2 Å². The van der Waals surface area contributed by atoms with Crippen LogP contribution in [0.4, 0.5) is 11.4 Å². The Morgan fingerprint density at radius 2 is 2.24 bits per heavy atom. The number of benzene rings is 1. The molecule has 0 aliphatic heterocycles. The normalized spacial score (nSPS) is 12.2. The third kappa shape index (κ3) is 4.49. The van der Waals surface area contributed by atoms with E-state index in [-0.39, 0.29) is 10.6 Å². The Balaban J connectivity index is 2.69. The maximum atomic E-state index is 10.6. The van der Waals surface area contributed by atoms with Crippen LogP contribution in [-0.4, -0.2) is 11.0 Å². The third-order valence-corrected chi connectivity index (χ3v) is 3.45. The van der Waals surface area contributed by atoms with Crippen LogP contribution in [0.1, 0.15) is 33.1 Å². The smallest absolute Gasteiger partial charge is 0.270 e. The zero-order valence-electron chi connectivity index (χ0n) is 10.1. The summed E-state index contributed by atoms with van der Waals surface area (Å²) < 4.78 is 0.889. The van der Waals surface area contributed by atoms with E-state index in [1.807, 2.05) is 0 Å². The molecule has 0 saturated heterocycles. The fourth-order valence-electron chi connectivity index (χ4n) is 1.58. The molecule has 1 N–H and O–H groups in total. The molecule has 0 saturated carbocycles. The number of nitro benzene ring substituents is 1. The van der Waals surface area contributed by atoms with Crippen molar-refractivity contribution >= 4 is 34.0 Å². The summed E-state index contributed by atoms with van der Waals surface area (Å²) >= 11 is 2.12. The standard InChI is InChI=1S/C12H17IN2O2/c1-3-4-5-9(2)14-12-7-6-10(15(16)17)8-11(12)13/h6-9,14H,3-5H2,1-2H3. The maximum absolute atomic E-state index is 10.6. The second-order valence-corrected chi connectivity index (χ2v) is 5.27. The average molecular weight is 348 g/mol. The van der Waals surface area contributed by atoms with Crippen LogP contribution in [0.25, 0.3) is 0 Å². The molecule has 0 spiro atoms. The SMILES string of the molecule is CCCCC(C)Nc1ccc([N+](=O)[O-])cc1I. The van der Waals surface area contributed by atoms with Crippen LogP contribution in [0.5, 0.6) is 0 Å². The number of nitro groups is 1. The molecule has 1 unspecified atom stereocenters. The Kier molecular flexibility index (Phi) is 5.67. The summed E-state index contributed by atoms with van der Waals surface area (Å²) in [6, 6.07) is 5.30. The molecule has 0 aromatic heterocycles. The van der Waals surface area contributed by atoms with Gasteiger partial charge in [-0.2, -0.15) is 0 Å². The van der Waals surface area contributed by atoms with E-state index in [9.17, 15) is 10.1 Å². The van der Waals surface area contributed by atoms with Crippen LogP contribution in [0.3, 0.4) is 0 Å². The molecule has 0 aliphatic rings. The molecule has 0 aliphatic carbocycles. The molecule has 4 nitrogen and oxygen atoms in total. The van der Waals surface area contributed by atoms with Crippen molar-refractivity contribution in [3.8, 4) is 0 Å². The van der Waals surface area contributed by atoms with Crippen molar-refractivity contribution in [3.63, 3.8) is 0 Å². The lowest BCUT2D eigenvalue weighted by Gasteiger charge is -2.15. The lowest BCUT2D eigenvalue weighted by molar-refractivity contribution is -0.384. The van der Waals surface area contributed by atoms with Gasteiger partial charge in [0.1, 0.15) is 0 Å². The molecule has 0 heterocycles. The van der Waals surface area contributed by atoms with Crippen molar-refractivity contribution < 1.29 is 4.92 Å². The highest BCUT2D eigenvalue weighted by Gasteiger charge is 2.10. The fraction of sp³-hybridized carbons (Fsp3) is 0.500. The molecule has 17 heavy (non-hydrogen) atoms. The van der Waals surface area contributed by atoms with Gasteiger partial charge in [-0.25, -0.2) is 0 Å². The average Bonchev–Trinajstić information content (AvgIpc) is 2.28. The minimum atomic E-state index is -0.369.